The molecule has 0 aliphatic carbocycles. The number of rotatable bonds is 7. The lowest BCUT2D eigenvalue weighted by atomic mass is 10.0. The average molecular weight is 430 g/mol. The molecule has 0 spiro atoms. The molecular formula is C26H27N3O3. The third kappa shape index (κ3) is 5.34. The summed E-state index contributed by atoms with van der Waals surface area (Å²) in [4.78, 5) is 29.6. The van der Waals surface area contributed by atoms with E-state index >= 15 is 0 Å². The number of carbonyl (C=O) groups excluding carboxylic acids is 2. The molecule has 0 atom stereocenters. The first-order valence-electron chi connectivity index (χ1n) is 10.7. The summed E-state index contributed by atoms with van der Waals surface area (Å²) in [7, 11) is 2.12. The molecule has 1 amide bonds. The van der Waals surface area contributed by atoms with Gasteiger partial charge in [-0.25, -0.2) is 0 Å². The molecule has 0 bridgehead atoms. The van der Waals surface area contributed by atoms with Crippen molar-refractivity contribution in [1.29, 1.82) is 0 Å². The second kappa shape index (κ2) is 10.1. The summed E-state index contributed by atoms with van der Waals surface area (Å²) in [5, 5.41) is 2.97. The van der Waals surface area contributed by atoms with Crippen LogP contribution >= 0.6 is 0 Å². The van der Waals surface area contributed by atoms with Crippen molar-refractivity contribution in [2.75, 3.05) is 50.1 Å². The number of hydrogen-bond donors (Lipinski definition) is 1. The van der Waals surface area contributed by atoms with Gasteiger partial charge in [0.05, 0.1) is 11.4 Å². The zero-order valence-electron chi connectivity index (χ0n) is 18.2. The third-order valence-electron chi connectivity index (χ3n) is 5.54. The second-order valence-electron chi connectivity index (χ2n) is 7.86. The molecule has 1 heterocycles. The number of benzene rings is 3. The Hall–Kier alpha value is -3.64. The van der Waals surface area contributed by atoms with Crippen molar-refractivity contribution < 1.29 is 14.3 Å². The van der Waals surface area contributed by atoms with E-state index in [-0.39, 0.29) is 18.3 Å². The number of carbonyl (C=O) groups is 2. The van der Waals surface area contributed by atoms with Crippen molar-refractivity contribution in [1.82, 2.24) is 4.90 Å². The van der Waals surface area contributed by atoms with Crippen LogP contribution in [0.4, 0.5) is 11.4 Å². The summed E-state index contributed by atoms with van der Waals surface area (Å²) >= 11 is 0. The Morgan fingerprint density at radius 1 is 0.812 bits per heavy atom. The minimum absolute atomic E-state index is 0.0459. The third-order valence-corrected chi connectivity index (χ3v) is 5.54. The molecule has 164 valence electrons. The zero-order valence-corrected chi connectivity index (χ0v) is 18.2. The number of anilines is 2. The molecule has 1 fully saturated rings. The highest BCUT2D eigenvalue weighted by Crippen LogP contribution is 2.26. The predicted molar refractivity (Wildman–Crippen MR) is 127 cm³/mol. The largest absolute Gasteiger partial charge is 0.484 e. The molecule has 1 aliphatic rings. The van der Waals surface area contributed by atoms with Crippen LogP contribution in [-0.2, 0) is 4.79 Å². The summed E-state index contributed by atoms with van der Waals surface area (Å²) in [5.74, 6) is 0.267. The molecule has 6 nitrogen and oxygen atoms in total. The quantitative estimate of drug-likeness (QED) is 0.581. The van der Waals surface area contributed by atoms with E-state index in [9.17, 15) is 9.59 Å². The standard InChI is InChI=1S/C26H27N3O3/c1-28-15-17-29(18-16-28)24-10-6-5-9-23(24)27-25(30)19-32-22-13-11-21(12-14-22)26(31)20-7-3-2-4-8-20/h2-14H,15-19H2,1H3,(H,27,30). The number of piperazine rings is 1. The highest BCUT2D eigenvalue weighted by Gasteiger charge is 2.18. The fourth-order valence-corrected chi connectivity index (χ4v) is 3.70. The van der Waals surface area contributed by atoms with E-state index in [2.05, 4.69) is 22.2 Å². The summed E-state index contributed by atoms with van der Waals surface area (Å²) in [6, 6.07) is 23.8. The number of nitrogens with zero attached hydrogens (tertiary/aromatic N) is 2. The van der Waals surface area contributed by atoms with Crippen molar-refractivity contribution in [2.45, 2.75) is 0 Å². The Morgan fingerprint density at radius 3 is 2.16 bits per heavy atom. The van der Waals surface area contributed by atoms with E-state index in [4.69, 9.17) is 4.74 Å². The van der Waals surface area contributed by atoms with Gasteiger partial charge in [0.25, 0.3) is 5.91 Å². The van der Waals surface area contributed by atoms with E-state index in [1.807, 2.05) is 42.5 Å². The van der Waals surface area contributed by atoms with Gasteiger partial charge in [-0.3, -0.25) is 9.59 Å². The Balaban J connectivity index is 1.33. The fraction of sp³-hybridized carbons (Fsp3) is 0.231. The Labute approximate surface area is 188 Å². The normalized spacial score (nSPS) is 14.1. The van der Waals surface area contributed by atoms with Gasteiger partial charge in [-0.2, -0.15) is 0 Å². The number of ketones is 1. The van der Waals surface area contributed by atoms with Gasteiger partial charge >= 0.3 is 0 Å². The molecule has 1 aliphatic heterocycles. The van der Waals surface area contributed by atoms with Crippen molar-refractivity contribution in [2.24, 2.45) is 0 Å². The molecule has 32 heavy (non-hydrogen) atoms. The molecule has 3 aromatic carbocycles. The lowest BCUT2D eigenvalue weighted by Gasteiger charge is -2.35. The van der Waals surface area contributed by atoms with Crippen molar-refractivity contribution >= 4 is 23.1 Å². The monoisotopic (exact) mass is 429 g/mol. The van der Waals surface area contributed by atoms with Crippen LogP contribution in [0.1, 0.15) is 15.9 Å². The molecule has 0 radical (unpaired) electrons. The van der Waals surface area contributed by atoms with Gasteiger partial charge in [0.15, 0.2) is 12.4 Å². The fourth-order valence-electron chi connectivity index (χ4n) is 3.70. The first-order valence-corrected chi connectivity index (χ1v) is 10.7. The minimum Gasteiger partial charge on any atom is -0.484 e. The molecule has 0 saturated carbocycles. The minimum atomic E-state index is -0.226. The summed E-state index contributed by atoms with van der Waals surface area (Å²) < 4.78 is 5.64. The molecule has 6 heteroatoms. The highest BCUT2D eigenvalue weighted by molar-refractivity contribution is 6.09. The lowest BCUT2D eigenvalue weighted by molar-refractivity contribution is -0.118. The average Bonchev–Trinajstić information content (AvgIpc) is 2.84. The van der Waals surface area contributed by atoms with Crippen LogP contribution < -0.4 is 15.0 Å². The van der Waals surface area contributed by atoms with Crippen LogP contribution in [0.15, 0.2) is 78.9 Å². The number of ether oxygens (including phenoxy) is 1. The van der Waals surface area contributed by atoms with Crippen LogP contribution in [0.5, 0.6) is 5.75 Å². The van der Waals surface area contributed by atoms with Gasteiger partial charge in [-0.1, -0.05) is 42.5 Å². The van der Waals surface area contributed by atoms with Crippen molar-refractivity contribution in [3.63, 3.8) is 0 Å². The van der Waals surface area contributed by atoms with Crippen molar-refractivity contribution in [3.05, 3.63) is 90.0 Å². The first kappa shape index (κ1) is 21.6. The van der Waals surface area contributed by atoms with Gasteiger partial charge in [-0.05, 0) is 43.4 Å². The van der Waals surface area contributed by atoms with Crippen LogP contribution in [0, 0.1) is 0 Å². The van der Waals surface area contributed by atoms with Crippen LogP contribution in [0.3, 0.4) is 0 Å². The molecule has 1 saturated heterocycles. The van der Waals surface area contributed by atoms with E-state index in [0.717, 1.165) is 37.6 Å². The molecule has 1 N–H and O–H groups in total. The number of nitrogens with one attached hydrogen (secondary N) is 1. The van der Waals surface area contributed by atoms with Gasteiger partial charge < -0.3 is 19.9 Å². The number of para-hydroxylation sites is 2. The van der Waals surface area contributed by atoms with Gasteiger partial charge in [0, 0.05) is 37.3 Å². The van der Waals surface area contributed by atoms with Gasteiger partial charge in [0.2, 0.25) is 0 Å². The lowest BCUT2D eigenvalue weighted by Crippen LogP contribution is -2.44. The van der Waals surface area contributed by atoms with Crippen LogP contribution in [0.2, 0.25) is 0 Å². The molecular weight excluding hydrogens is 402 g/mol. The SMILES string of the molecule is CN1CCN(c2ccccc2NC(=O)COc2ccc(C(=O)c3ccccc3)cc2)CC1. The Bertz CT molecular complexity index is 1060. The maximum absolute atomic E-state index is 12.5. The van der Waals surface area contributed by atoms with Gasteiger partial charge in [-0.15, -0.1) is 0 Å². The number of likely N-dealkylation sites (N-methyl/N-ethyl adjacent to an activating group) is 1. The smallest absolute Gasteiger partial charge is 0.262 e. The zero-order chi connectivity index (χ0) is 22.3. The van der Waals surface area contributed by atoms with E-state index in [1.165, 1.54) is 0 Å². The van der Waals surface area contributed by atoms with Crippen LogP contribution in [0.25, 0.3) is 0 Å². The Morgan fingerprint density at radius 2 is 1.44 bits per heavy atom. The number of hydrogen-bond acceptors (Lipinski definition) is 5. The topological polar surface area (TPSA) is 61.9 Å². The molecule has 0 unspecified atom stereocenters. The maximum atomic E-state index is 12.5. The van der Waals surface area contributed by atoms with Crippen LogP contribution in [-0.4, -0.2) is 56.4 Å². The van der Waals surface area contributed by atoms with E-state index < -0.39 is 0 Å². The van der Waals surface area contributed by atoms with Crippen molar-refractivity contribution in [3.8, 4) is 5.75 Å². The second-order valence-corrected chi connectivity index (χ2v) is 7.86. The summed E-state index contributed by atoms with van der Waals surface area (Å²) in [6.45, 7) is 3.73. The van der Waals surface area contributed by atoms with E-state index in [0.29, 0.717) is 16.9 Å². The van der Waals surface area contributed by atoms with Gasteiger partial charge in [0.1, 0.15) is 5.75 Å². The predicted octanol–water partition coefficient (Wildman–Crippen LogP) is 3.69. The first-order chi connectivity index (χ1) is 15.6. The molecule has 0 aromatic heterocycles. The highest BCUT2D eigenvalue weighted by atomic mass is 16.5. The maximum Gasteiger partial charge on any atom is 0.262 e. The number of amides is 1. The summed E-state index contributed by atoms with van der Waals surface area (Å²) in [5.41, 5.74) is 3.03. The summed E-state index contributed by atoms with van der Waals surface area (Å²) in [6.07, 6.45) is 0. The van der Waals surface area contributed by atoms with E-state index in [1.54, 1.807) is 36.4 Å². The molecule has 4 rings (SSSR count). The Kier molecular flexibility index (Phi) is 6.82. The molecule has 3 aromatic rings.